The molecule has 2 rings (SSSR count). The predicted molar refractivity (Wildman–Crippen MR) is 91.6 cm³/mol. The molecule has 1 atom stereocenters. The van der Waals surface area contributed by atoms with Crippen LogP contribution in [0.15, 0.2) is 18.2 Å². The molecule has 4 nitrogen and oxygen atoms in total. The Labute approximate surface area is 140 Å². The summed E-state index contributed by atoms with van der Waals surface area (Å²) in [5.74, 6) is 0.0368. The van der Waals surface area contributed by atoms with Crippen LogP contribution >= 0.6 is 15.9 Å². The minimum atomic E-state index is -0.343. The van der Waals surface area contributed by atoms with Crippen LogP contribution in [0, 0.1) is 0 Å². The molecule has 1 unspecified atom stereocenters. The van der Waals surface area contributed by atoms with Crippen LogP contribution in [0.4, 0.5) is 5.69 Å². The molecule has 5 heteroatoms. The Morgan fingerprint density at radius 2 is 1.82 bits per heavy atom. The third kappa shape index (κ3) is 3.89. The molecular weight excluding hydrogens is 346 g/mol. The van der Waals surface area contributed by atoms with Crippen LogP contribution < -0.4 is 4.90 Å². The molecule has 1 aliphatic heterocycles. The fourth-order valence-electron chi connectivity index (χ4n) is 2.73. The van der Waals surface area contributed by atoms with E-state index in [4.69, 9.17) is 9.47 Å². The van der Waals surface area contributed by atoms with Crippen molar-refractivity contribution in [2.24, 2.45) is 0 Å². The predicted octanol–water partition coefficient (Wildman–Crippen LogP) is 3.30. The first-order chi connectivity index (χ1) is 10.6. The molecule has 0 radical (unpaired) electrons. The number of nitrogens with zero attached hydrogens (tertiary/aromatic N) is 1. The molecule has 0 aliphatic carbocycles. The smallest absolute Gasteiger partial charge is 0.240 e. The molecule has 1 fully saturated rings. The van der Waals surface area contributed by atoms with Crippen molar-refractivity contribution in [3.8, 4) is 0 Å². The average molecular weight is 370 g/mol. The van der Waals surface area contributed by atoms with Crippen LogP contribution in [0.5, 0.6) is 0 Å². The Morgan fingerprint density at radius 1 is 1.27 bits per heavy atom. The average Bonchev–Trinajstić information content (AvgIpc) is 3.04. The maximum atomic E-state index is 12.7. The number of anilines is 1. The van der Waals surface area contributed by atoms with Gasteiger partial charge in [0.1, 0.15) is 0 Å². The highest BCUT2D eigenvalue weighted by Crippen LogP contribution is 2.29. The lowest BCUT2D eigenvalue weighted by Gasteiger charge is -2.30. The first-order valence-corrected chi connectivity index (χ1v) is 8.79. The first-order valence-electron chi connectivity index (χ1n) is 7.87. The standard InChI is InChI=1S/C17H24BrNO3/c1-4-13-7-6-8-14(5-2)16(13)19(17(20)12(3)18)11-15-21-9-10-22-15/h6-8,12,15H,4-5,9-11H2,1-3H3. The van der Waals surface area contributed by atoms with Crippen molar-refractivity contribution >= 4 is 27.5 Å². The normalized spacial score (nSPS) is 16.7. The van der Waals surface area contributed by atoms with Gasteiger partial charge < -0.3 is 14.4 Å². The van der Waals surface area contributed by atoms with Crippen LogP contribution in [0.3, 0.4) is 0 Å². The zero-order valence-corrected chi connectivity index (χ0v) is 15.1. The molecule has 1 heterocycles. The van der Waals surface area contributed by atoms with Crippen LogP contribution in [0.1, 0.15) is 31.9 Å². The third-order valence-corrected chi connectivity index (χ3v) is 4.26. The zero-order valence-electron chi connectivity index (χ0n) is 13.5. The quantitative estimate of drug-likeness (QED) is 0.722. The van der Waals surface area contributed by atoms with Gasteiger partial charge in [0.05, 0.1) is 30.3 Å². The van der Waals surface area contributed by atoms with Gasteiger partial charge in [-0.05, 0) is 30.9 Å². The Bertz CT molecular complexity index is 490. The summed E-state index contributed by atoms with van der Waals surface area (Å²) < 4.78 is 11.1. The Morgan fingerprint density at radius 3 is 2.27 bits per heavy atom. The summed E-state index contributed by atoms with van der Waals surface area (Å²) in [6.07, 6.45) is 1.43. The summed E-state index contributed by atoms with van der Waals surface area (Å²) in [5, 5.41) is 0. The van der Waals surface area contributed by atoms with Crippen molar-refractivity contribution in [3.63, 3.8) is 0 Å². The van der Waals surface area contributed by atoms with Gasteiger partial charge in [-0.15, -0.1) is 0 Å². The Kier molecular flexibility index (Phi) is 6.41. The molecule has 122 valence electrons. The summed E-state index contributed by atoms with van der Waals surface area (Å²) in [6, 6.07) is 6.23. The van der Waals surface area contributed by atoms with Crippen molar-refractivity contribution in [2.75, 3.05) is 24.7 Å². The summed E-state index contributed by atoms with van der Waals surface area (Å²) >= 11 is 3.41. The van der Waals surface area contributed by atoms with Gasteiger partial charge in [-0.25, -0.2) is 0 Å². The molecule has 1 aliphatic rings. The van der Waals surface area contributed by atoms with E-state index in [-0.39, 0.29) is 17.0 Å². The van der Waals surface area contributed by atoms with Crippen LogP contribution in [0.2, 0.25) is 0 Å². The van der Waals surface area contributed by atoms with E-state index in [9.17, 15) is 4.79 Å². The summed E-state index contributed by atoms with van der Waals surface area (Å²) in [7, 11) is 0. The number of amides is 1. The second-order valence-electron chi connectivity index (χ2n) is 5.37. The van der Waals surface area contributed by atoms with Crippen LogP contribution in [0.25, 0.3) is 0 Å². The van der Waals surface area contributed by atoms with Crippen LogP contribution in [-0.4, -0.2) is 36.8 Å². The highest BCUT2D eigenvalue weighted by molar-refractivity contribution is 9.10. The molecule has 0 aromatic heterocycles. The van der Waals surface area contributed by atoms with E-state index in [1.165, 1.54) is 11.1 Å². The monoisotopic (exact) mass is 369 g/mol. The molecular formula is C17H24BrNO3. The number of aryl methyl sites for hydroxylation is 2. The number of benzene rings is 1. The molecule has 0 bridgehead atoms. The van der Waals surface area contributed by atoms with Gasteiger partial charge in [-0.3, -0.25) is 4.79 Å². The minimum Gasteiger partial charge on any atom is -0.348 e. The number of carbonyl (C=O) groups is 1. The van der Waals surface area contributed by atoms with E-state index in [0.717, 1.165) is 18.5 Å². The number of hydrogen-bond donors (Lipinski definition) is 0. The number of ether oxygens (including phenoxy) is 2. The Hall–Kier alpha value is -0.910. The van der Waals surface area contributed by atoms with E-state index < -0.39 is 0 Å². The number of alkyl halides is 1. The van der Waals surface area contributed by atoms with E-state index >= 15 is 0 Å². The van der Waals surface area contributed by atoms with Gasteiger partial charge in [0.2, 0.25) is 5.91 Å². The van der Waals surface area contributed by atoms with Gasteiger partial charge >= 0.3 is 0 Å². The number of halogens is 1. The van der Waals surface area contributed by atoms with Gasteiger partial charge in [-0.2, -0.15) is 0 Å². The van der Waals surface area contributed by atoms with Crippen molar-refractivity contribution in [3.05, 3.63) is 29.3 Å². The molecule has 1 aromatic carbocycles. The molecule has 1 saturated heterocycles. The maximum absolute atomic E-state index is 12.7. The molecule has 0 spiro atoms. The van der Waals surface area contributed by atoms with Gasteiger partial charge in [0.15, 0.2) is 6.29 Å². The highest BCUT2D eigenvalue weighted by Gasteiger charge is 2.28. The molecule has 1 amide bonds. The fraction of sp³-hybridized carbons (Fsp3) is 0.588. The molecule has 1 aromatic rings. The number of rotatable bonds is 6. The lowest BCUT2D eigenvalue weighted by Crippen LogP contribution is -2.42. The summed E-state index contributed by atoms with van der Waals surface area (Å²) in [6.45, 7) is 7.69. The van der Waals surface area contributed by atoms with Gasteiger partial charge in [0.25, 0.3) is 0 Å². The number of hydrogen-bond acceptors (Lipinski definition) is 3. The minimum absolute atomic E-state index is 0.0368. The van der Waals surface area contributed by atoms with Gasteiger partial charge in [-0.1, -0.05) is 48.0 Å². The maximum Gasteiger partial charge on any atom is 0.240 e. The summed E-state index contributed by atoms with van der Waals surface area (Å²) in [5.41, 5.74) is 3.38. The molecule has 22 heavy (non-hydrogen) atoms. The van der Waals surface area contributed by atoms with Crippen molar-refractivity contribution in [1.29, 1.82) is 0 Å². The first kappa shape index (κ1) is 17.4. The van der Waals surface area contributed by atoms with E-state index in [1.54, 1.807) is 0 Å². The Balaban J connectivity index is 2.41. The SMILES string of the molecule is CCc1cccc(CC)c1N(CC1OCCO1)C(=O)C(C)Br. The second-order valence-corrected chi connectivity index (χ2v) is 6.74. The largest absolute Gasteiger partial charge is 0.348 e. The molecule has 0 N–H and O–H groups in total. The third-order valence-electron chi connectivity index (χ3n) is 3.86. The zero-order chi connectivity index (χ0) is 16.1. The fourth-order valence-corrected chi connectivity index (χ4v) is 2.98. The topological polar surface area (TPSA) is 38.8 Å². The molecule has 0 saturated carbocycles. The van der Waals surface area contributed by atoms with Crippen molar-refractivity contribution in [1.82, 2.24) is 0 Å². The lowest BCUT2D eigenvalue weighted by atomic mass is 10.0. The summed E-state index contributed by atoms with van der Waals surface area (Å²) in [4.78, 5) is 14.3. The van der Waals surface area contributed by atoms with Crippen LogP contribution in [-0.2, 0) is 27.1 Å². The number of para-hydroxylation sites is 1. The van der Waals surface area contributed by atoms with Crippen molar-refractivity contribution in [2.45, 2.75) is 44.7 Å². The lowest BCUT2D eigenvalue weighted by molar-refractivity contribution is -0.119. The van der Waals surface area contributed by atoms with E-state index in [2.05, 4.69) is 48.0 Å². The van der Waals surface area contributed by atoms with E-state index in [0.29, 0.717) is 19.8 Å². The highest BCUT2D eigenvalue weighted by atomic mass is 79.9. The van der Waals surface area contributed by atoms with Crippen molar-refractivity contribution < 1.29 is 14.3 Å². The second kappa shape index (κ2) is 8.09. The number of carbonyl (C=O) groups excluding carboxylic acids is 1. The van der Waals surface area contributed by atoms with Gasteiger partial charge in [0, 0.05) is 0 Å². The van der Waals surface area contributed by atoms with E-state index in [1.807, 2.05) is 11.8 Å².